The van der Waals surface area contributed by atoms with Gasteiger partial charge in [-0.1, -0.05) is 24.3 Å². The highest BCUT2D eigenvalue weighted by atomic mass is 79.9. The lowest BCUT2D eigenvalue weighted by atomic mass is 10.0. The molecule has 2 aromatic carbocycles. The Kier molecular flexibility index (Phi) is 3.33. The second-order valence-electron chi connectivity index (χ2n) is 3.71. The van der Waals surface area contributed by atoms with Crippen LogP contribution in [0, 0.1) is 0 Å². The van der Waals surface area contributed by atoms with Crippen molar-refractivity contribution < 1.29 is 14.6 Å². The van der Waals surface area contributed by atoms with Gasteiger partial charge in [0.1, 0.15) is 5.75 Å². The number of ether oxygens (including phenoxy) is 1. The number of aliphatic carboxylic acids is 1. The van der Waals surface area contributed by atoms with E-state index in [2.05, 4.69) is 15.9 Å². The molecule has 0 fully saturated rings. The molecule has 0 aromatic heterocycles. The Morgan fingerprint density at radius 2 is 2.12 bits per heavy atom. The molecule has 0 aliphatic carbocycles. The number of rotatable bonds is 3. The Balaban J connectivity index is 2.53. The highest BCUT2D eigenvalue weighted by molar-refractivity contribution is 9.10. The maximum atomic E-state index is 10.6. The van der Waals surface area contributed by atoms with Crippen molar-refractivity contribution in [3.05, 3.63) is 40.4 Å². The Hall–Kier alpha value is -1.55. The first-order valence-corrected chi connectivity index (χ1v) is 5.88. The monoisotopic (exact) mass is 294 g/mol. The molecule has 0 saturated heterocycles. The van der Waals surface area contributed by atoms with Crippen molar-refractivity contribution in [2.75, 3.05) is 7.11 Å². The van der Waals surface area contributed by atoms with Crippen LogP contribution >= 0.6 is 15.9 Å². The number of benzene rings is 2. The van der Waals surface area contributed by atoms with Gasteiger partial charge in [0.2, 0.25) is 0 Å². The third kappa shape index (κ3) is 2.42. The normalized spacial score (nSPS) is 10.5. The molecular weight excluding hydrogens is 284 g/mol. The molecular formula is C13H11BrO3. The Labute approximate surface area is 107 Å². The van der Waals surface area contributed by atoms with Crippen molar-refractivity contribution in [2.45, 2.75) is 6.42 Å². The van der Waals surface area contributed by atoms with Crippen molar-refractivity contribution in [2.24, 2.45) is 0 Å². The van der Waals surface area contributed by atoms with Gasteiger partial charge in [0.15, 0.2) is 0 Å². The van der Waals surface area contributed by atoms with Crippen LogP contribution in [0.3, 0.4) is 0 Å². The molecule has 2 rings (SSSR count). The summed E-state index contributed by atoms with van der Waals surface area (Å²) in [5.74, 6) is -0.0552. The van der Waals surface area contributed by atoms with Crippen LogP contribution in [-0.2, 0) is 11.2 Å². The third-order valence-corrected chi connectivity index (χ3v) is 3.38. The minimum atomic E-state index is -0.822. The van der Waals surface area contributed by atoms with Gasteiger partial charge in [-0.15, -0.1) is 0 Å². The van der Waals surface area contributed by atoms with E-state index in [4.69, 9.17) is 9.84 Å². The number of carbonyl (C=O) groups is 1. The third-order valence-electron chi connectivity index (χ3n) is 2.56. The summed E-state index contributed by atoms with van der Waals surface area (Å²) in [5, 5.41) is 10.8. The lowest BCUT2D eigenvalue weighted by molar-refractivity contribution is -0.136. The number of hydrogen-bond donors (Lipinski definition) is 1. The molecule has 4 heteroatoms. The van der Waals surface area contributed by atoms with Crippen LogP contribution in [0.15, 0.2) is 34.8 Å². The predicted octanol–water partition coefficient (Wildman–Crippen LogP) is 3.24. The number of fused-ring (bicyclic) bond motifs is 1. The van der Waals surface area contributed by atoms with Crippen molar-refractivity contribution >= 4 is 32.7 Å². The molecule has 88 valence electrons. The quantitative estimate of drug-likeness (QED) is 0.945. The first-order chi connectivity index (χ1) is 8.11. The van der Waals surface area contributed by atoms with Crippen LogP contribution in [0.1, 0.15) is 5.56 Å². The molecule has 0 spiro atoms. The number of halogens is 1. The predicted molar refractivity (Wildman–Crippen MR) is 69.5 cm³/mol. The van der Waals surface area contributed by atoms with Gasteiger partial charge in [-0.05, 0) is 38.3 Å². The molecule has 3 nitrogen and oxygen atoms in total. The molecule has 0 saturated carbocycles. The zero-order valence-electron chi connectivity index (χ0n) is 9.24. The highest BCUT2D eigenvalue weighted by Crippen LogP contribution is 2.33. The first-order valence-electron chi connectivity index (χ1n) is 5.08. The van der Waals surface area contributed by atoms with E-state index in [0.29, 0.717) is 0 Å². The van der Waals surface area contributed by atoms with E-state index in [-0.39, 0.29) is 6.42 Å². The minimum absolute atomic E-state index is 0.0413. The summed E-state index contributed by atoms with van der Waals surface area (Å²) < 4.78 is 6.10. The van der Waals surface area contributed by atoms with Gasteiger partial charge in [0.25, 0.3) is 0 Å². The lowest BCUT2D eigenvalue weighted by Crippen LogP contribution is -1.99. The van der Waals surface area contributed by atoms with Gasteiger partial charge < -0.3 is 9.84 Å². The molecule has 0 amide bonds. The van der Waals surface area contributed by atoms with Crippen molar-refractivity contribution in [1.82, 2.24) is 0 Å². The number of carboxylic acids is 1. The van der Waals surface area contributed by atoms with Gasteiger partial charge in [0.05, 0.1) is 18.0 Å². The van der Waals surface area contributed by atoms with Crippen molar-refractivity contribution in [3.63, 3.8) is 0 Å². The molecule has 1 N–H and O–H groups in total. The summed E-state index contributed by atoms with van der Waals surface area (Å²) in [6.07, 6.45) is 0.0413. The lowest BCUT2D eigenvalue weighted by Gasteiger charge is -2.07. The van der Waals surface area contributed by atoms with E-state index in [9.17, 15) is 4.79 Å². The van der Waals surface area contributed by atoms with E-state index in [1.807, 2.05) is 30.3 Å². The summed E-state index contributed by atoms with van der Waals surface area (Å²) in [7, 11) is 1.62. The van der Waals surface area contributed by atoms with Crippen LogP contribution in [0.25, 0.3) is 10.8 Å². The summed E-state index contributed by atoms with van der Waals surface area (Å²) in [4.78, 5) is 10.6. The minimum Gasteiger partial charge on any atom is -0.496 e. The maximum absolute atomic E-state index is 10.6. The first kappa shape index (κ1) is 11.9. The smallest absolute Gasteiger partial charge is 0.307 e. The fraction of sp³-hybridized carbons (Fsp3) is 0.154. The van der Waals surface area contributed by atoms with E-state index in [0.717, 1.165) is 26.6 Å². The van der Waals surface area contributed by atoms with Crippen LogP contribution in [0.5, 0.6) is 5.75 Å². The number of methoxy groups -OCH3 is 1. The zero-order chi connectivity index (χ0) is 12.4. The average molecular weight is 295 g/mol. The Bertz CT molecular complexity index is 578. The van der Waals surface area contributed by atoms with Gasteiger partial charge in [0, 0.05) is 0 Å². The molecule has 0 radical (unpaired) electrons. The molecule has 0 heterocycles. The SMILES string of the molecule is COc1ccc2cc(CC(=O)O)ccc2c1Br. The second-order valence-corrected chi connectivity index (χ2v) is 4.50. The van der Waals surface area contributed by atoms with E-state index >= 15 is 0 Å². The molecule has 0 aliphatic rings. The zero-order valence-corrected chi connectivity index (χ0v) is 10.8. The standard InChI is InChI=1S/C13H11BrO3/c1-17-11-5-3-9-6-8(7-12(15)16)2-4-10(9)13(11)14/h2-6H,7H2,1H3,(H,15,16). The fourth-order valence-electron chi connectivity index (χ4n) is 1.76. The Morgan fingerprint density at radius 1 is 1.35 bits per heavy atom. The van der Waals surface area contributed by atoms with Gasteiger partial charge in [-0.25, -0.2) is 0 Å². The fourth-order valence-corrected chi connectivity index (χ4v) is 2.42. The molecule has 0 aliphatic heterocycles. The van der Waals surface area contributed by atoms with E-state index in [1.54, 1.807) is 7.11 Å². The van der Waals surface area contributed by atoms with Crippen molar-refractivity contribution in [1.29, 1.82) is 0 Å². The maximum Gasteiger partial charge on any atom is 0.307 e. The Morgan fingerprint density at radius 3 is 2.76 bits per heavy atom. The van der Waals surface area contributed by atoms with E-state index in [1.165, 1.54) is 0 Å². The molecule has 0 atom stereocenters. The number of carboxylic acid groups (broad SMARTS) is 1. The molecule has 2 aromatic rings. The number of hydrogen-bond acceptors (Lipinski definition) is 2. The van der Waals surface area contributed by atoms with Gasteiger partial charge in [-0.3, -0.25) is 4.79 Å². The summed E-state index contributed by atoms with van der Waals surface area (Å²) in [6.45, 7) is 0. The largest absolute Gasteiger partial charge is 0.496 e. The summed E-state index contributed by atoms with van der Waals surface area (Å²) in [5.41, 5.74) is 0.794. The molecule has 17 heavy (non-hydrogen) atoms. The summed E-state index contributed by atoms with van der Waals surface area (Å²) in [6, 6.07) is 9.38. The van der Waals surface area contributed by atoms with Gasteiger partial charge in [-0.2, -0.15) is 0 Å². The van der Waals surface area contributed by atoms with E-state index < -0.39 is 5.97 Å². The van der Waals surface area contributed by atoms with Crippen LogP contribution < -0.4 is 4.74 Å². The molecule has 0 unspecified atom stereocenters. The molecule has 0 bridgehead atoms. The van der Waals surface area contributed by atoms with Crippen molar-refractivity contribution in [3.8, 4) is 5.75 Å². The van der Waals surface area contributed by atoms with Gasteiger partial charge >= 0.3 is 5.97 Å². The summed E-state index contributed by atoms with van der Waals surface area (Å²) >= 11 is 3.48. The van der Waals surface area contributed by atoms with Crippen LogP contribution in [0.2, 0.25) is 0 Å². The van der Waals surface area contributed by atoms with Crippen LogP contribution in [0.4, 0.5) is 0 Å². The highest BCUT2D eigenvalue weighted by Gasteiger charge is 2.07. The topological polar surface area (TPSA) is 46.5 Å². The van der Waals surface area contributed by atoms with Crippen LogP contribution in [-0.4, -0.2) is 18.2 Å². The second kappa shape index (κ2) is 4.75. The average Bonchev–Trinajstić information content (AvgIpc) is 2.28.